The molecule has 0 bridgehead atoms. The molecule has 0 spiro atoms. The first-order valence-corrected chi connectivity index (χ1v) is 4.68. The molecule has 3 nitrogen and oxygen atoms in total. The number of fused-ring (bicyclic) bond motifs is 1. The van der Waals surface area contributed by atoms with E-state index in [9.17, 15) is 9.59 Å². The van der Waals surface area contributed by atoms with Crippen molar-refractivity contribution in [3.8, 4) is 0 Å². The summed E-state index contributed by atoms with van der Waals surface area (Å²) in [6.45, 7) is 1.84. The first-order valence-electron chi connectivity index (χ1n) is 4.68. The Morgan fingerprint density at radius 3 is 2.71 bits per heavy atom. The summed E-state index contributed by atoms with van der Waals surface area (Å²) in [4.78, 5) is 23.3. The molecule has 0 saturated heterocycles. The number of hydrogen-bond acceptors (Lipinski definition) is 2. The molecule has 3 heteroatoms. The number of ketones is 1. The van der Waals surface area contributed by atoms with Gasteiger partial charge in [0.1, 0.15) is 5.92 Å². The lowest BCUT2D eigenvalue weighted by atomic mass is 9.90. The van der Waals surface area contributed by atoms with E-state index in [1.807, 2.05) is 6.92 Å². The van der Waals surface area contributed by atoms with Crippen molar-refractivity contribution in [2.75, 3.05) is 5.32 Å². The van der Waals surface area contributed by atoms with Crippen molar-refractivity contribution in [2.24, 2.45) is 5.92 Å². The molecule has 1 amide bonds. The Morgan fingerprint density at radius 1 is 1.29 bits per heavy atom. The molecule has 0 aromatic heterocycles. The van der Waals surface area contributed by atoms with Crippen LogP contribution in [0.15, 0.2) is 24.3 Å². The van der Waals surface area contributed by atoms with Crippen LogP contribution < -0.4 is 5.32 Å². The smallest absolute Gasteiger partial charge is 0.235 e. The maximum Gasteiger partial charge on any atom is 0.235 e. The van der Waals surface area contributed by atoms with Crippen LogP contribution in [-0.2, 0) is 4.79 Å². The average molecular weight is 189 g/mol. The highest BCUT2D eigenvalue weighted by Crippen LogP contribution is 2.26. The van der Waals surface area contributed by atoms with Crippen LogP contribution in [0.25, 0.3) is 0 Å². The lowest BCUT2D eigenvalue weighted by Gasteiger charge is -2.21. The molecule has 72 valence electrons. The number of carbonyl (C=O) groups excluding carboxylic acids is 2. The van der Waals surface area contributed by atoms with Gasteiger partial charge in [-0.25, -0.2) is 0 Å². The first-order chi connectivity index (χ1) is 6.74. The fourth-order valence-electron chi connectivity index (χ4n) is 1.70. The first kappa shape index (κ1) is 8.94. The van der Waals surface area contributed by atoms with Crippen LogP contribution in [0.3, 0.4) is 0 Å². The topological polar surface area (TPSA) is 46.2 Å². The summed E-state index contributed by atoms with van der Waals surface area (Å²) in [5, 5.41) is 2.73. The number of Topliss-reactive ketones (excluding diaryl/α,β-unsaturated/α-hetero) is 1. The Kier molecular flexibility index (Phi) is 2.08. The number of hydrogen-bond donors (Lipinski definition) is 1. The molecule has 0 radical (unpaired) electrons. The fourth-order valence-corrected chi connectivity index (χ4v) is 1.70. The normalized spacial score (nSPS) is 20.2. The Labute approximate surface area is 82.1 Å². The standard InChI is InChI=1S/C11H11NO2/c1-2-7-10(13)8-5-3-4-6-9(8)12-11(7)14/h3-7H,2H2,1H3,(H,12,14)/t7-/m0/s1. The van der Waals surface area contributed by atoms with Crippen LogP contribution >= 0.6 is 0 Å². The lowest BCUT2D eigenvalue weighted by molar-refractivity contribution is -0.118. The lowest BCUT2D eigenvalue weighted by Crippen LogP contribution is -2.34. The largest absolute Gasteiger partial charge is 0.325 e. The van der Waals surface area contributed by atoms with Crippen molar-refractivity contribution in [3.63, 3.8) is 0 Å². The van der Waals surface area contributed by atoms with E-state index >= 15 is 0 Å². The van der Waals surface area contributed by atoms with Crippen molar-refractivity contribution in [1.82, 2.24) is 0 Å². The van der Waals surface area contributed by atoms with Crippen LogP contribution in [0.2, 0.25) is 0 Å². The maximum absolute atomic E-state index is 11.8. The molecule has 0 unspecified atom stereocenters. The average Bonchev–Trinajstić information content (AvgIpc) is 2.18. The Balaban J connectivity index is 2.49. The van der Waals surface area contributed by atoms with E-state index < -0.39 is 5.92 Å². The predicted octanol–water partition coefficient (Wildman–Crippen LogP) is 1.85. The van der Waals surface area contributed by atoms with Crippen molar-refractivity contribution in [1.29, 1.82) is 0 Å². The van der Waals surface area contributed by atoms with Gasteiger partial charge in [0.25, 0.3) is 0 Å². The summed E-state index contributed by atoms with van der Waals surface area (Å²) in [6.07, 6.45) is 0.555. The van der Waals surface area contributed by atoms with E-state index in [-0.39, 0.29) is 11.7 Å². The van der Waals surface area contributed by atoms with E-state index in [0.29, 0.717) is 17.7 Å². The maximum atomic E-state index is 11.8. The minimum atomic E-state index is -0.509. The van der Waals surface area contributed by atoms with Crippen molar-refractivity contribution in [2.45, 2.75) is 13.3 Å². The van der Waals surface area contributed by atoms with Crippen LogP contribution in [0.5, 0.6) is 0 Å². The Bertz CT molecular complexity index is 398. The summed E-state index contributed by atoms with van der Waals surface area (Å²) < 4.78 is 0. The second-order valence-electron chi connectivity index (χ2n) is 3.36. The van der Waals surface area contributed by atoms with E-state index in [0.717, 1.165) is 0 Å². The molecular weight excluding hydrogens is 178 g/mol. The van der Waals surface area contributed by atoms with Gasteiger partial charge >= 0.3 is 0 Å². The number of nitrogens with one attached hydrogen (secondary N) is 1. The molecule has 1 aliphatic rings. The van der Waals surface area contributed by atoms with Gasteiger partial charge in [-0.2, -0.15) is 0 Å². The van der Waals surface area contributed by atoms with Gasteiger partial charge in [-0.3, -0.25) is 9.59 Å². The van der Waals surface area contributed by atoms with Crippen LogP contribution in [0, 0.1) is 5.92 Å². The van der Waals surface area contributed by atoms with Gasteiger partial charge in [0, 0.05) is 5.56 Å². The summed E-state index contributed by atoms with van der Waals surface area (Å²) >= 11 is 0. The van der Waals surface area contributed by atoms with E-state index in [1.54, 1.807) is 24.3 Å². The number of anilines is 1. The van der Waals surface area contributed by atoms with E-state index in [1.165, 1.54) is 0 Å². The SMILES string of the molecule is CC[C@@H]1C(=O)Nc2ccccc2C1=O. The molecule has 0 saturated carbocycles. The molecule has 1 atom stereocenters. The van der Waals surface area contributed by atoms with Gasteiger partial charge in [0.15, 0.2) is 5.78 Å². The second-order valence-corrected chi connectivity index (χ2v) is 3.36. The quantitative estimate of drug-likeness (QED) is 0.685. The highest BCUT2D eigenvalue weighted by molar-refractivity contribution is 6.20. The molecule has 0 fully saturated rings. The summed E-state index contributed by atoms with van der Waals surface area (Å²) in [6, 6.07) is 7.11. The van der Waals surface area contributed by atoms with Crippen molar-refractivity contribution < 1.29 is 9.59 Å². The van der Waals surface area contributed by atoms with Gasteiger partial charge in [-0.1, -0.05) is 19.1 Å². The van der Waals surface area contributed by atoms with Gasteiger partial charge in [0.2, 0.25) is 5.91 Å². The number of rotatable bonds is 1. The Hall–Kier alpha value is -1.64. The van der Waals surface area contributed by atoms with Crippen LogP contribution in [-0.4, -0.2) is 11.7 Å². The second kappa shape index (κ2) is 3.25. The highest BCUT2D eigenvalue weighted by Gasteiger charge is 2.32. The van der Waals surface area contributed by atoms with Gasteiger partial charge in [-0.05, 0) is 18.6 Å². The molecule has 1 aromatic rings. The zero-order chi connectivity index (χ0) is 10.1. The van der Waals surface area contributed by atoms with E-state index in [2.05, 4.69) is 5.32 Å². The van der Waals surface area contributed by atoms with Gasteiger partial charge in [-0.15, -0.1) is 0 Å². The molecule has 1 aliphatic heterocycles. The number of amides is 1. The predicted molar refractivity (Wildman–Crippen MR) is 53.2 cm³/mol. The summed E-state index contributed by atoms with van der Waals surface area (Å²) in [5.74, 6) is -0.757. The zero-order valence-electron chi connectivity index (χ0n) is 7.91. The third-order valence-corrected chi connectivity index (χ3v) is 2.49. The number of benzene rings is 1. The number of carbonyl (C=O) groups is 2. The Morgan fingerprint density at radius 2 is 2.00 bits per heavy atom. The highest BCUT2D eigenvalue weighted by atomic mass is 16.2. The molecular formula is C11H11NO2. The monoisotopic (exact) mass is 189 g/mol. The van der Waals surface area contributed by atoms with Crippen LogP contribution in [0.1, 0.15) is 23.7 Å². The third-order valence-electron chi connectivity index (χ3n) is 2.49. The van der Waals surface area contributed by atoms with Gasteiger partial charge in [0.05, 0.1) is 5.69 Å². The molecule has 1 heterocycles. The third kappa shape index (κ3) is 1.21. The van der Waals surface area contributed by atoms with E-state index in [4.69, 9.17) is 0 Å². The van der Waals surface area contributed by atoms with Gasteiger partial charge < -0.3 is 5.32 Å². The molecule has 1 N–H and O–H groups in total. The minimum Gasteiger partial charge on any atom is -0.325 e. The van der Waals surface area contributed by atoms with Crippen molar-refractivity contribution >= 4 is 17.4 Å². The molecule has 2 rings (SSSR count). The zero-order valence-corrected chi connectivity index (χ0v) is 7.91. The van der Waals surface area contributed by atoms with Crippen molar-refractivity contribution in [3.05, 3.63) is 29.8 Å². The summed E-state index contributed by atoms with van der Waals surface area (Å²) in [5.41, 5.74) is 1.26. The van der Waals surface area contributed by atoms with Crippen LogP contribution in [0.4, 0.5) is 5.69 Å². The number of para-hydroxylation sites is 1. The summed E-state index contributed by atoms with van der Waals surface area (Å²) in [7, 11) is 0. The molecule has 1 aromatic carbocycles. The molecule has 0 aliphatic carbocycles. The minimum absolute atomic E-state index is 0.0631. The fraction of sp³-hybridized carbons (Fsp3) is 0.273. The molecule has 14 heavy (non-hydrogen) atoms.